The molecule has 5 rings (SSSR count). The van der Waals surface area contributed by atoms with Crippen molar-refractivity contribution in [3.8, 4) is 17.2 Å². The zero-order valence-corrected chi connectivity index (χ0v) is 20.2. The summed E-state index contributed by atoms with van der Waals surface area (Å²) in [5, 5.41) is 0. The Labute approximate surface area is 202 Å². The van der Waals surface area contributed by atoms with Crippen molar-refractivity contribution in [3.63, 3.8) is 0 Å². The lowest BCUT2D eigenvalue weighted by atomic mass is 9.79. The van der Waals surface area contributed by atoms with Crippen molar-refractivity contribution in [1.29, 1.82) is 0 Å². The van der Waals surface area contributed by atoms with Crippen molar-refractivity contribution >= 4 is 11.1 Å². The summed E-state index contributed by atoms with van der Waals surface area (Å²) in [5.41, 5.74) is 7.51. The molecule has 4 heteroatoms. The summed E-state index contributed by atoms with van der Waals surface area (Å²) in [4.78, 5) is 2.48. The van der Waals surface area contributed by atoms with Crippen molar-refractivity contribution in [2.24, 2.45) is 0 Å². The summed E-state index contributed by atoms with van der Waals surface area (Å²) in [6, 6.07) is 23.5. The van der Waals surface area contributed by atoms with Gasteiger partial charge in [0.2, 0.25) is 0 Å². The highest BCUT2D eigenvalue weighted by Crippen LogP contribution is 2.46. The van der Waals surface area contributed by atoms with E-state index < -0.39 is 0 Å². The molecular formula is C30H33NO3. The number of hydrogen-bond donors (Lipinski definition) is 0. The Morgan fingerprint density at radius 2 is 1.53 bits per heavy atom. The molecule has 1 aliphatic heterocycles. The van der Waals surface area contributed by atoms with Crippen LogP contribution in [-0.4, -0.2) is 45.4 Å². The van der Waals surface area contributed by atoms with Crippen LogP contribution in [0.25, 0.3) is 11.1 Å². The second-order valence-corrected chi connectivity index (χ2v) is 8.97. The van der Waals surface area contributed by atoms with Gasteiger partial charge in [-0.05, 0) is 84.8 Å². The zero-order chi connectivity index (χ0) is 23.3. The molecule has 34 heavy (non-hydrogen) atoms. The Morgan fingerprint density at radius 1 is 0.765 bits per heavy atom. The van der Waals surface area contributed by atoms with E-state index in [1.54, 1.807) is 14.2 Å². The maximum Gasteiger partial charge on any atom is 0.164 e. The van der Waals surface area contributed by atoms with E-state index in [0.29, 0.717) is 0 Å². The van der Waals surface area contributed by atoms with Crippen molar-refractivity contribution < 1.29 is 14.2 Å². The first kappa shape index (κ1) is 22.5. The molecule has 3 aromatic rings. The first-order chi connectivity index (χ1) is 16.8. The lowest BCUT2D eigenvalue weighted by molar-refractivity contribution is 0.238. The van der Waals surface area contributed by atoms with Gasteiger partial charge in [-0.1, -0.05) is 48.5 Å². The summed E-state index contributed by atoms with van der Waals surface area (Å²) < 4.78 is 17.4. The van der Waals surface area contributed by atoms with Gasteiger partial charge in [-0.2, -0.15) is 0 Å². The molecule has 3 aromatic carbocycles. The minimum absolute atomic E-state index is 0.733. The molecule has 0 bridgehead atoms. The predicted molar refractivity (Wildman–Crippen MR) is 138 cm³/mol. The molecule has 2 aliphatic rings. The van der Waals surface area contributed by atoms with Gasteiger partial charge in [0.25, 0.3) is 0 Å². The number of ether oxygens (including phenoxy) is 3. The second kappa shape index (κ2) is 10.4. The number of fused-ring (bicyclic) bond motifs is 1. The fourth-order valence-electron chi connectivity index (χ4n) is 5.29. The molecule has 1 aliphatic carbocycles. The van der Waals surface area contributed by atoms with Crippen LogP contribution in [0.2, 0.25) is 0 Å². The molecule has 0 atom stereocenters. The van der Waals surface area contributed by atoms with E-state index in [1.807, 2.05) is 6.07 Å². The van der Waals surface area contributed by atoms with Gasteiger partial charge in [0, 0.05) is 12.1 Å². The molecule has 0 radical (unpaired) electrons. The third kappa shape index (κ3) is 4.55. The fraction of sp³-hybridized carbons (Fsp3) is 0.333. The van der Waals surface area contributed by atoms with E-state index in [2.05, 4.69) is 65.6 Å². The van der Waals surface area contributed by atoms with Gasteiger partial charge in [0.05, 0.1) is 14.2 Å². The van der Waals surface area contributed by atoms with Crippen LogP contribution in [0.5, 0.6) is 17.2 Å². The average Bonchev–Trinajstić information content (AvgIpc) is 3.42. The average molecular weight is 456 g/mol. The van der Waals surface area contributed by atoms with Gasteiger partial charge in [-0.15, -0.1) is 0 Å². The van der Waals surface area contributed by atoms with E-state index in [1.165, 1.54) is 59.3 Å². The molecule has 0 saturated carbocycles. The van der Waals surface area contributed by atoms with Gasteiger partial charge in [0.1, 0.15) is 12.4 Å². The topological polar surface area (TPSA) is 30.9 Å². The van der Waals surface area contributed by atoms with Crippen LogP contribution >= 0.6 is 0 Å². The molecule has 0 spiro atoms. The summed E-state index contributed by atoms with van der Waals surface area (Å²) in [6.07, 6.45) is 4.49. The van der Waals surface area contributed by atoms with Crippen molar-refractivity contribution in [3.05, 3.63) is 89.0 Å². The highest BCUT2D eigenvalue weighted by molar-refractivity contribution is 6.01. The number of nitrogens with zero attached hydrogens (tertiary/aromatic N) is 1. The highest BCUT2D eigenvalue weighted by Gasteiger charge is 2.26. The number of hydrogen-bond acceptors (Lipinski definition) is 4. The van der Waals surface area contributed by atoms with E-state index >= 15 is 0 Å². The number of methoxy groups -OCH3 is 2. The molecule has 1 fully saturated rings. The van der Waals surface area contributed by atoms with Crippen LogP contribution in [0.3, 0.4) is 0 Å². The van der Waals surface area contributed by atoms with E-state index in [4.69, 9.17) is 14.2 Å². The van der Waals surface area contributed by atoms with E-state index in [9.17, 15) is 0 Å². The Morgan fingerprint density at radius 3 is 2.24 bits per heavy atom. The van der Waals surface area contributed by atoms with E-state index in [-0.39, 0.29) is 0 Å². The Bertz CT molecular complexity index is 1150. The fourth-order valence-corrected chi connectivity index (χ4v) is 5.29. The SMILES string of the molecule is COc1ccc2c(c1OC)CCC(c1ccccc1)=C2c1ccc(OCCN2CCCC2)cc1. The zero-order valence-electron chi connectivity index (χ0n) is 20.2. The Hall–Kier alpha value is -3.24. The van der Waals surface area contributed by atoms with Gasteiger partial charge in [0.15, 0.2) is 11.5 Å². The monoisotopic (exact) mass is 455 g/mol. The van der Waals surface area contributed by atoms with Gasteiger partial charge in [-0.25, -0.2) is 0 Å². The molecule has 1 heterocycles. The maximum absolute atomic E-state index is 6.06. The number of rotatable bonds is 8. The normalized spacial score (nSPS) is 15.8. The Balaban J connectivity index is 1.49. The third-order valence-corrected chi connectivity index (χ3v) is 6.98. The predicted octanol–water partition coefficient (Wildman–Crippen LogP) is 6.08. The van der Waals surface area contributed by atoms with Gasteiger partial charge >= 0.3 is 0 Å². The largest absolute Gasteiger partial charge is 0.493 e. The lowest BCUT2D eigenvalue weighted by Gasteiger charge is -2.27. The summed E-state index contributed by atoms with van der Waals surface area (Å²) >= 11 is 0. The summed E-state index contributed by atoms with van der Waals surface area (Å²) in [7, 11) is 3.42. The highest BCUT2D eigenvalue weighted by atomic mass is 16.5. The van der Waals surface area contributed by atoms with Crippen LogP contribution in [0.15, 0.2) is 66.7 Å². The lowest BCUT2D eigenvalue weighted by Crippen LogP contribution is -2.25. The summed E-state index contributed by atoms with van der Waals surface area (Å²) in [6.45, 7) is 4.13. The molecular weight excluding hydrogens is 422 g/mol. The number of likely N-dealkylation sites (tertiary alicyclic amines) is 1. The first-order valence-corrected chi connectivity index (χ1v) is 12.3. The van der Waals surface area contributed by atoms with Crippen molar-refractivity contribution in [2.75, 3.05) is 40.5 Å². The van der Waals surface area contributed by atoms with Crippen LogP contribution in [0.4, 0.5) is 0 Å². The first-order valence-electron chi connectivity index (χ1n) is 12.3. The van der Waals surface area contributed by atoms with Gasteiger partial charge in [-0.3, -0.25) is 4.90 Å². The third-order valence-electron chi connectivity index (χ3n) is 6.98. The van der Waals surface area contributed by atoms with E-state index in [0.717, 1.165) is 43.2 Å². The maximum atomic E-state index is 6.06. The molecule has 176 valence electrons. The van der Waals surface area contributed by atoms with Crippen LogP contribution in [0.1, 0.15) is 41.5 Å². The minimum Gasteiger partial charge on any atom is -0.493 e. The van der Waals surface area contributed by atoms with Crippen LogP contribution in [-0.2, 0) is 6.42 Å². The Kier molecular flexibility index (Phi) is 6.87. The van der Waals surface area contributed by atoms with Crippen molar-refractivity contribution in [1.82, 2.24) is 4.90 Å². The van der Waals surface area contributed by atoms with Crippen molar-refractivity contribution in [2.45, 2.75) is 25.7 Å². The standard InChI is InChI=1S/C30H33NO3/c1-32-28-17-16-26-27(30(28)33-2)15-14-25(22-8-4-3-5-9-22)29(26)23-10-12-24(13-11-23)34-21-20-31-18-6-7-19-31/h3-5,8-13,16-17H,6-7,14-15,18-21H2,1-2H3. The molecule has 0 unspecified atom stereocenters. The van der Waals surface area contributed by atoms with Crippen LogP contribution < -0.4 is 14.2 Å². The quantitative estimate of drug-likeness (QED) is 0.412. The molecule has 0 aromatic heterocycles. The minimum atomic E-state index is 0.733. The van der Waals surface area contributed by atoms with Crippen LogP contribution in [0, 0.1) is 0 Å². The molecule has 0 N–H and O–H groups in total. The number of allylic oxidation sites excluding steroid dienone is 1. The molecule has 0 amide bonds. The molecule has 1 saturated heterocycles. The summed E-state index contributed by atoms with van der Waals surface area (Å²) in [5.74, 6) is 2.55. The molecule has 4 nitrogen and oxygen atoms in total. The van der Waals surface area contributed by atoms with Gasteiger partial charge < -0.3 is 14.2 Å². The second-order valence-electron chi connectivity index (χ2n) is 8.97. The smallest absolute Gasteiger partial charge is 0.164 e. The number of benzene rings is 3.